The minimum Gasteiger partial charge on any atom is -0.468 e. The summed E-state index contributed by atoms with van der Waals surface area (Å²) in [5.74, 6) is -0.573. The van der Waals surface area contributed by atoms with Gasteiger partial charge in [-0.2, -0.15) is 0 Å². The van der Waals surface area contributed by atoms with Crippen LogP contribution in [0.4, 0.5) is 0 Å². The van der Waals surface area contributed by atoms with E-state index in [9.17, 15) is 9.59 Å². The van der Waals surface area contributed by atoms with Gasteiger partial charge in [0.1, 0.15) is 6.04 Å². The van der Waals surface area contributed by atoms with Crippen molar-refractivity contribution in [3.05, 3.63) is 0 Å². The van der Waals surface area contributed by atoms with Gasteiger partial charge in [0.15, 0.2) is 0 Å². The highest BCUT2D eigenvalue weighted by Crippen LogP contribution is 2.16. The molecule has 0 aromatic carbocycles. The van der Waals surface area contributed by atoms with E-state index in [2.05, 4.69) is 4.74 Å². The average molecular weight is 215 g/mol. The van der Waals surface area contributed by atoms with E-state index < -0.39 is 0 Å². The number of rotatable bonds is 4. The van der Waals surface area contributed by atoms with E-state index in [0.717, 1.165) is 0 Å². The van der Waals surface area contributed by atoms with Gasteiger partial charge in [0.25, 0.3) is 0 Å². The number of carbonyl (C=O) groups excluding carboxylic acids is 2. The molecule has 1 atom stereocenters. The van der Waals surface area contributed by atoms with E-state index in [1.54, 1.807) is 4.90 Å². The summed E-state index contributed by atoms with van der Waals surface area (Å²) < 4.78 is 9.47. The number of nitrogens with zero attached hydrogens (tertiary/aromatic N) is 1. The fraction of sp³-hybridized carbons (Fsp3) is 0.800. The Kier molecular flexibility index (Phi) is 4.08. The molecule has 0 aliphatic carbocycles. The molecule has 0 amide bonds. The van der Waals surface area contributed by atoms with E-state index >= 15 is 0 Å². The van der Waals surface area contributed by atoms with Gasteiger partial charge in [-0.15, -0.1) is 0 Å². The molecule has 1 unspecified atom stereocenters. The SMILES string of the molecule is COC(=O)CN(C(C)C)C1CCOC1=O. The zero-order chi connectivity index (χ0) is 11.4. The topological polar surface area (TPSA) is 55.8 Å². The Bertz CT molecular complexity index is 252. The Morgan fingerprint density at radius 2 is 2.33 bits per heavy atom. The molecular weight excluding hydrogens is 198 g/mol. The number of cyclic esters (lactones) is 1. The summed E-state index contributed by atoms with van der Waals surface area (Å²) in [5, 5.41) is 0. The molecule has 1 aliphatic heterocycles. The van der Waals surface area contributed by atoms with Gasteiger partial charge in [0.05, 0.1) is 20.3 Å². The molecule has 0 radical (unpaired) electrons. The van der Waals surface area contributed by atoms with Crippen LogP contribution in [-0.2, 0) is 19.1 Å². The maximum Gasteiger partial charge on any atom is 0.323 e. The number of ether oxygens (including phenoxy) is 2. The molecular formula is C10H17NO4. The Morgan fingerprint density at radius 3 is 2.73 bits per heavy atom. The summed E-state index contributed by atoms with van der Waals surface area (Å²) in [7, 11) is 1.34. The van der Waals surface area contributed by atoms with E-state index in [4.69, 9.17) is 4.74 Å². The molecule has 0 aromatic rings. The summed E-state index contributed by atoms with van der Waals surface area (Å²) in [6.45, 7) is 4.45. The van der Waals surface area contributed by atoms with Gasteiger partial charge in [0, 0.05) is 12.5 Å². The van der Waals surface area contributed by atoms with Crippen molar-refractivity contribution in [2.75, 3.05) is 20.3 Å². The van der Waals surface area contributed by atoms with Gasteiger partial charge in [-0.05, 0) is 13.8 Å². The maximum absolute atomic E-state index is 11.4. The molecule has 1 aliphatic rings. The molecule has 1 rings (SSSR count). The van der Waals surface area contributed by atoms with Crippen molar-refractivity contribution >= 4 is 11.9 Å². The van der Waals surface area contributed by atoms with Crippen LogP contribution in [0.15, 0.2) is 0 Å². The molecule has 5 nitrogen and oxygen atoms in total. The summed E-state index contributed by atoms with van der Waals surface area (Å²) in [4.78, 5) is 24.4. The normalized spacial score (nSPS) is 20.9. The van der Waals surface area contributed by atoms with Gasteiger partial charge in [-0.25, -0.2) is 0 Å². The first-order valence-corrected chi connectivity index (χ1v) is 5.05. The quantitative estimate of drug-likeness (QED) is 0.626. The smallest absolute Gasteiger partial charge is 0.323 e. The lowest BCUT2D eigenvalue weighted by molar-refractivity contribution is -0.147. The molecule has 0 N–H and O–H groups in total. The van der Waals surface area contributed by atoms with Crippen LogP contribution in [0, 0.1) is 0 Å². The Morgan fingerprint density at radius 1 is 1.67 bits per heavy atom. The predicted molar refractivity (Wildman–Crippen MR) is 53.2 cm³/mol. The minimum absolute atomic E-state index is 0.111. The second-order valence-electron chi connectivity index (χ2n) is 3.81. The third-order valence-electron chi connectivity index (χ3n) is 2.51. The zero-order valence-electron chi connectivity index (χ0n) is 9.36. The third-order valence-corrected chi connectivity index (χ3v) is 2.51. The fourth-order valence-electron chi connectivity index (χ4n) is 1.65. The monoisotopic (exact) mass is 215 g/mol. The van der Waals surface area contributed by atoms with Crippen LogP contribution >= 0.6 is 0 Å². The summed E-state index contributed by atoms with van der Waals surface area (Å²) in [6, 6.07) is -0.191. The molecule has 0 aromatic heterocycles. The molecule has 0 saturated carbocycles. The van der Waals surface area contributed by atoms with E-state index in [1.165, 1.54) is 7.11 Å². The Labute approximate surface area is 89.3 Å². The molecule has 5 heteroatoms. The summed E-state index contributed by atoms with van der Waals surface area (Å²) in [5.41, 5.74) is 0. The molecule has 0 bridgehead atoms. The van der Waals surface area contributed by atoms with Gasteiger partial charge in [0.2, 0.25) is 0 Å². The molecule has 0 spiro atoms. The largest absolute Gasteiger partial charge is 0.468 e. The van der Waals surface area contributed by atoms with Crippen LogP contribution in [0.25, 0.3) is 0 Å². The number of hydrogen-bond acceptors (Lipinski definition) is 5. The van der Waals surface area contributed by atoms with Crippen LogP contribution < -0.4 is 0 Å². The lowest BCUT2D eigenvalue weighted by Crippen LogP contribution is -2.46. The first kappa shape index (κ1) is 12.0. The van der Waals surface area contributed by atoms with Crippen molar-refractivity contribution < 1.29 is 19.1 Å². The van der Waals surface area contributed by atoms with Gasteiger partial charge in [-0.3, -0.25) is 14.5 Å². The Hall–Kier alpha value is -1.10. The van der Waals surface area contributed by atoms with Gasteiger partial charge >= 0.3 is 11.9 Å². The van der Waals surface area contributed by atoms with Crippen molar-refractivity contribution in [2.45, 2.75) is 32.4 Å². The standard InChI is InChI=1S/C10H17NO4/c1-7(2)11(6-9(12)14-3)8-4-5-15-10(8)13/h7-8H,4-6H2,1-3H3. The van der Waals surface area contributed by atoms with Crippen molar-refractivity contribution in [2.24, 2.45) is 0 Å². The molecule has 1 fully saturated rings. The van der Waals surface area contributed by atoms with E-state index in [-0.39, 0.29) is 30.6 Å². The van der Waals surface area contributed by atoms with Crippen molar-refractivity contribution in [1.82, 2.24) is 4.90 Å². The zero-order valence-corrected chi connectivity index (χ0v) is 9.36. The fourth-order valence-corrected chi connectivity index (χ4v) is 1.65. The second kappa shape index (κ2) is 5.11. The number of esters is 2. The Balaban J connectivity index is 2.65. The number of carbonyl (C=O) groups is 2. The van der Waals surface area contributed by atoms with Crippen LogP contribution in [-0.4, -0.2) is 49.2 Å². The van der Waals surface area contributed by atoms with E-state index in [1.807, 2.05) is 13.8 Å². The van der Waals surface area contributed by atoms with Crippen molar-refractivity contribution in [1.29, 1.82) is 0 Å². The minimum atomic E-state index is -0.330. The summed E-state index contributed by atoms with van der Waals surface area (Å²) >= 11 is 0. The van der Waals surface area contributed by atoms with Crippen LogP contribution in [0.1, 0.15) is 20.3 Å². The van der Waals surface area contributed by atoms with Crippen LogP contribution in [0.3, 0.4) is 0 Å². The lowest BCUT2D eigenvalue weighted by Gasteiger charge is -2.28. The summed E-state index contributed by atoms with van der Waals surface area (Å²) in [6.07, 6.45) is 0.647. The van der Waals surface area contributed by atoms with Gasteiger partial charge in [-0.1, -0.05) is 0 Å². The predicted octanol–water partition coefficient (Wildman–Crippen LogP) is 0.185. The number of methoxy groups -OCH3 is 1. The molecule has 15 heavy (non-hydrogen) atoms. The van der Waals surface area contributed by atoms with Crippen molar-refractivity contribution in [3.63, 3.8) is 0 Å². The first-order valence-electron chi connectivity index (χ1n) is 5.05. The maximum atomic E-state index is 11.4. The molecule has 86 valence electrons. The average Bonchev–Trinajstić information content (AvgIpc) is 2.60. The first-order chi connectivity index (χ1) is 7.06. The highest BCUT2D eigenvalue weighted by atomic mass is 16.5. The number of hydrogen-bond donors (Lipinski definition) is 0. The highest BCUT2D eigenvalue weighted by Gasteiger charge is 2.34. The van der Waals surface area contributed by atoms with E-state index in [0.29, 0.717) is 13.0 Å². The van der Waals surface area contributed by atoms with Crippen LogP contribution in [0.5, 0.6) is 0 Å². The van der Waals surface area contributed by atoms with Gasteiger partial charge < -0.3 is 9.47 Å². The lowest BCUT2D eigenvalue weighted by atomic mass is 10.1. The molecule has 1 saturated heterocycles. The second-order valence-corrected chi connectivity index (χ2v) is 3.81. The van der Waals surface area contributed by atoms with Crippen molar-refractivity contribution in [3.8, 4) is 0 Å². The highest BCUT2D eigenvalue weighted by molar-refractivity contribution is 5.79. The third kappa shape index (κ3) is 2.92. The van der Waals surface area contributed by atoms with Crippen LogP contribution in [0.2, 0.25) is 0 Å². The molecule has 1 heterocycles.